The SMILES string of the molecule is C[C@]12C[C@H](O)[C@@]3(F)[C@@H](C[C@H](F)C4=CC(=O)C=C[C@@]43C)[C@]1(C)C[C@H]1CN(CC3CCCC3)O[C@]12C(=O)CF. The molecule has 6 aliphatic rings. The van der Waals surface area contributed by atoms with E-state index in [0.717, 1.165) is 12.8 Å². The fourth-order valence-electron chi connectivity index (χ4n) is 9.97. The quantitative estimate of drug-likeness (QED) is 0.584. The monoisotopic (exact) mass is 521 g/mol. The molecule has 0 amide bonds. The van der Waals surface area contributed by atoms with Gasteiger partial charge in [0.2, 0.25) is 0 Å². The maximum absolute atomic E-state index is 17.6. The molecule has 1 heterocycles. The first-order valence-corrected chi connectivity index (χ1v) is 13.9. The first kappa shape index (κ1) is 25.8. The predicted octanol–water partition coefficient (Wildman–Crippen LogP) is 4.64. The van der Waals surface area contributed by atoms with Gasteiger partial charge in [-0.3, -0.25) is 14.4 Å². The van der Waals surface area contributed by atoms with Crippen molar-refractivity contribution in [3.8, 4) is 0 Å². The van der Waals surface area contributed by atoms with Crippen molar-refractivity contribution in [3.05, 3.63) is 23.8 Å². The molecular formula is C29H38F3NO4. The summed E-state index contributed by atoms with van der Waals surface area (Å²) in [6.45, 7) is 5.17. The number of allylic oxidation sites excluding steroid dienone is 4. The molecule has 0 radical (unpaired) electrons. The Morgan fingerprint density at radius 3 is 2.59 bits per heavy atom. The molecule has 8 heteroatoms. The minimum absolute atomic E-state index is 0.0664. The smallest absolute Gasteiger partial charge is 0.198 e. The summed E-state index contributed by atoms with van der Waals surface area (Å²) in [4.78, 5) is 32.1. The van der Waals surface area contributed by atoms with E-state index in [-0.39, 0.29) is 24.3 Å². The maximum atomic E-state index is 17.6. The number of aliphatic hydroxyl groups excluding tert-OH is 1. The van der Waals surface area contributed by atoms with Crippen molar-refractivity contribution in [1.82, 2.24) is 5.06 Å². The second kappa shape index (κ2) is 8.01. The number of ketones is 2. The Hall–Kier alpha value is -1.51. The van der Waals surface area contributed by atoms with Crippen LogP contribution in [0.3, 0.4) is 0 Å². The summed E-state index contributed by atoms with van der Waals surface area (Å²) in [7, 11) is 0. The summed E-state index contributed by atoms with van der Waals surface area (Å²) in [6.07, 6.45) is 5.30. The largest absolute Gasteiger partial charge is 0.390 e. The summed E-state index contributed by atoms with van der Waals surface area (Å²) >= 11 is 0. The fourth-order valence-corrected chi connectivity index (χ4v) is 9.97. The van der Waals surface area contributed by atoms with Crippen molar-refractivity contribution in [3.63, 3.8) is 0 Å². The van der Waals surface area contributed by atoms with Gasteiger partial charge in [-0.1, -0.05) is 32.8 Å². The number of nitrogens with zero attached hydrogens (tertiary/aromatic N) is 1. The number of alkyl halides is 3. The lowest BCUT2D eigenvalue weighted by Gasteiger charge is -2.67. The van der Waals surface area contributed by atoms with Gasteiger partial charge in [-0.2, -0.15) is 5.06 Å². The van der Waals surface area contributed by atoms with E-state index in [4.69, 9.17) is 4.84 Å². The van der Waals surface area contributed by atoms with Crippen LogP contribution in [0.2, 0.25) is 0 Å². The van der Waals surface area contributed by atoms with Gasteiger partial charge in [-0.05, 0) is 68.1 Å². The first-order chi connectivity index (χ1) is 17.4. The molecule has 0 aromatic rings. The van der Waals surface area contributed by atoms with Gasteiger partial charge >= 0.3 is 0 Å². The number of carbonyl (C=O) groups is 2. The van der Waals surface area contributed by atoms with Crippen LogP contribution in [-0.4, -0.2) is 65.0 Å². The third kappa shape index (κ3) is 2.93. The number of hydrogen-bond donors (Lipinski definition) is 1. The minimum atomic E-state index is -2.25. The predicted molar refractivity (Wildman–Crippen MR) is 130 cm³/mol. The van der Waals surface area contributed by atoms with E-state index in [1.165, 1.54) is 31.1 Å². The number of aliphatic hydroxyl groups is 1. The minimum Gasteiger partial charge on any atom is -0.390 e. The molecular weight excluding hydrogens is 483 g/mol. The van der Waals surface area contributed by atoms with Crippen LogP contribution in [-0.2, 0) is 14.4 Å². The van der Waals surface area contributed by atoms with Gasteiger partial charge in [-0.25, -0.2) is 13.2 Å². The highest BCUT2D eigenvalue weighted by molar-refractivity contribution is 6.01. The van der Waals surface area contributed by atoms with Gasteiger partial charge in [0, 0.05) is 35.8 Å². The Bertz CT molecular complexity index is 1090. The molecule has 1 N–H and O–H groups in total. The van der Waals surface area contributed by atoms with E-state index in [0.29, 0.717) is 25.4 Å². The molecule has 1 saturated heterocycles. The highest BCUT2D eigenvalue weighted by Crippen LogP contribution is 2.77. The molecule has 5 nitrogen and oxygen atoms in total. The lowest BCUT2D eigenvalue weighted by atomic mass is 9.39. The van der Waals surface area contributed by atoms with Gasteiger partial charge in [0.15, 0.2) is 29.5 Å². The van der Waals surface area contributed by atoms with Crippen LogP contribution in [0.4, 0.5) is 13.2 Å². The van der Waals surface area contributed by atoms with E-state index in [1.54, 1.807) is 6.92 Å². The average Bonchev–Trinajstić information content (AvgIpc) is 3.53. The lowest BCUT2D eigenvalue weighted by Crippen LogP contribution is -2.73. The Morgan fingerprint density at radius 2 is 1.92 bits per heavy atom. The van der Waals surface area contributed by atoms with Crippen LogP contribution >= 0.6 is 0 Å². The van der Waals surface area contributed by atoms with Gasteiger partial charge in [0.1, 0.15) is 6.17 Å². The standard InChI is InChI=1S/C29H38F3NO4/c1-25-9-8-19(34)10-20(25)21(31)11-22-26(2)12-18-16-33(15-17-6-4-5-7-17)37-29(18,24(36)14-30)27(26,3)13-23(35)28(22,25)32/h8-10,17-18,21-23,35H,4-7,11-16H2,1-3H3/t18-,21-,22-,23-,25-,26-,27-,28-,29-/m0/s1. The number of halogens is 3. The third-order valence-corrected chi connectivity index (χ3v) is 11.9. The summed E-state index contributed by atoms with van der Waals surface area (Å²) in [5.74, 6) is -1.93. The Labute approximate surface area is 216 Å². The van der Waals surface area contributed by atoms with Crippen LogP contribution in [0.25, 0.3) is 0 Å². The number of carbonyl (C=O) groups excluding carboxylic acids is 2. The molecule has 1 aliphatic heterocycles. The zero-order valence-corrected chi connectivity index (χ0v) is 21.9. The summed E-state index contributed by atoms with van der Waals surface area (Å²) < 4.78 is 47.6. The summed E-state index contributed by atoms with van der Waals surface area (Å²) in [6, 6.07) is 0. The second-order valence-electron chi connectivity index (χ2n) is 13.3. The van der Waals surface area contributed by atoms with Crippen molar-refractivity contribution < 1.29 is 32.7 Å². The number of hydrogen-bond acceptors (Lipinski definition) is 5. The molecule has 0 spiro atoms. The molecule has 6 rings (SSSR count). The molecule has 9 atom stereocenters. The molecule has 4 saturated carbocycles. The zero-order chi connectivity index (χ0) is 26.6. The molecule has 0 bridgehead atoms. The molecule has 5 fully saturated rings. The normalized spacial score (nSPS) is 51.4. The molecule has 5 aliphatic carbocycles. The van der Waals surface area contributed by atoms with Crippen molar-refractivity contribution in [2.45, 2.75) is 89.3 Å². The van der Waals surface area contributed by atoms with Crippen LogP contribution in [0.1, 0.15) is 65.7 Å². The van der Waals surface area contributed by atoms with Crippen molar-refractivity contribution in [1.29, 1.82) is 0 Å². The number of rotatable bonds is 4. The highest BCUT2D eigenvalue weighted by Gasteiger charge is 2.83. The Kier molecular flexibility index (Phi) is 5.58. The van der Waals surface area contributed by atoms with Crippen LogP contribution in [0.5, 0.6) is 0 Å². The van der Waals surface area contributed by atoms with Crippen molar-refractivity contribution in [2.24, 2.45) is 34.0 Å². The molecule has 0 unspecified atom stereocenters. The highest BCUT2D eigenvalue weighted by atomic mass is 19.1. The van der Waals surface area contributed by atoms with Gasteiger partial charge in [0.25, 0.3) is 0 Å². The Morgan fingerprint density at radius 1 is 1.22 bits per heavy atom. The van der Waals surface area contributed by atoms with E-state index in [1.807, 2.05) is 18.9 Å². The topological polar surface area (TPSA) is 66.8 Å². The van der Waals surface area contributed by atoms with Crippen LogP contribution in [0.15, 0.2) is 23.8 Å². The average molecular weight is 522 g/mol. The lowest BCUT2D eigenvalue weighted by molar-refractivity contribution is -0.288. The molecule has 37 heavy (non-hydrogen) atoms. The van der Waals surface area contributed by atoms with Gasteiger partial charge < -0.3 is 5.11 Å². The maximum Gasteiger partial charge on any atom is 0.198 e. The van der Waals surface area contributed by atoms with E-state index in [2.05, 4.69) is 0 Å². The van der Waals surface area contributed by atoms with Crippen molar-refractivity contribution in [2.75, 3.05) is 19.8 Å². The first-order valence-electron chi connectivity index (χ1n) is 13.9. The van der Waals surface area contributed by atoms with Gasteiger partial charge in [-0.15, -0.1) is 0 Å². The Balaban J connectivity index is 1.44. The van der Waals surface area contributed by atoms with E-state index in [9.17, 15) is 19.1 Å². The van der Waals surface area contributed by atoms with Crippen LogP contribution in [0, 0.1) is 34.0 Å². The van der Waals surface area contributed by atoms with Crippen molar-refractivity contribution >= 4 is 11.6 Å². The zero-order valence-electron chi connectivity index (χ0n) is 21.9. The molecule has 204 valence electrons. The number of Topliss-reactive ketones (excluding diaryl/α,β-unsaturated/α-hetero) is 1. The fraction of sp³-hybridized carbons (Fsp3) is 0.793. The second-order valence-corrected chi connectivity index (χ2v) is 13.3. The van der Waals surface area contributed by atoms with E-state index < -0.39 is 63.9 Å². The van der Waals surface area contributed by atoms with E-state index >= 15 is 8.78 Å². The van der Waals surface area contributed by atoms with Gasteiger partial charge in [0.05, 0.1) is 6.10 Å². The number of fused-ring (bicyclic) bond motifs is 7. The summed E-state index contributed by atoms with van der Waals surface area (Å²) in [5, 5.41) is 13.4. The number of hydroxylamine groups is 2. The third-order valence-electron chi connectivity index (χ3n) is 11.9. The van der Waals surface area contributed by atoms with Crippen LogP contribution < -0.4 is 0 Å². The molecule has 0 aromatic carbocycles. The molecule has 0 aromatic heterocycles. The summed E-state index contributed by atoms with van der Waals surface area (Å²) in [5.41, 5.74) is -7.27.